The maximum atomic E-state index is 12.0. The Morgan fingerprint density at radius 2 is 2.33 bits per heavy atom. The molecule has 1 aliphatic rings. The van der Waals surface area contributed by atoms with Gasteiger partial charge in [0.1, 0.15) is 5.75 Å². The third-order valence-electron chi connectivity index (χ3n) is 3.40. The second kappa shape index (κ2) is 7.36. The highest BCUT2D eigenvalue weighted by Crippen LogP contribution is 2.22. The summed E-state index contributed by atoms with van der Waals surface area (Å²) >= 11 is 1.48. The van der Waals surface area contributed by atoms with Crippen LogP contribution in [0.1, 0.15) is 12.8 Å². The molecular weight excluding hydrogens is 288 g/mol. The largest absolute Gasteiger partial charge is 0.497 e. The van der Waals surface area contributed by atoms with Crippen molar-refractivity contribution in [2.75, 3.05) is 26.5 Å². The number of nitrogens with one attached hydrogen (secondary N) is 1. The Hall–Kier alpha value is -1.69. The molecule has 2 rings (SSSR count). The van der Waals surface area contributed by atoms with Gasteiger partial charge in [-0.15, -0.1) is 11.8 Å². The van der Waals surface area contributed by atoms with Crippen LogP contribution in [0.3, 0.4) is 0 Å². The Kier molecular flexibility index (Phi) is 5.50. The fourth-order valence-corrected chi connectivity index (χ4v) is 2.99. The Bertz CT molecular complexity index is 521. The number of carbonyl (C=O) groups is 2. The smallest absolute Gasteiger partial charge is 0.230 e. The van der Waals surface area contributed by atoms with E-state index in [1.165, 1.54) is 11.8 Å². The molecule has 1 atom stereocenters. The highest BCUT2D eigenvalue weighted by atomic mass is 32.2. The molecule has 6 heteroatoms. The predicted octanol–water partition coefficient (Wildman–Crippen LogP) is 1.52. The number of rotatable bonds is 5. The van der Waals surface area contributed by atoms with Crippen molar-refractivity contribution in [2.45, 2.75) is 23.8 Å². The molecule has 5 nitrogen and oxygen atoms in total. The number of likely N-dealkylation sites (tertiary alicyclic amines) is 1. The summed E-state index contributed by atoms with van der Waals surface area (Å²) in [6, 6.07) is 7.70. The molecular formula is C15H20N2O3S. The van der Waals surface area contributed by atoms with Crippen LogP contribution in [0.4, 0.5) is 0 Å². The van der Waals surface area contributed by atoms with E-state index in [-0.39, 0.29) is 17.9 Å². The molecule has 21 heavy (non-hydrogen) atoms. The lowest BCUT2D eigenvalue weighted by Crippen LogP contribution is -2.48. The number of likely N-dealkylation sites (N-methyl/N-ethyl adjacent to an activating group) is 1. The molecule has 0 saturated carbocycles. The number of hydrogen-bond donors (Lipinski definition) is 1. The van der Waals surface area contributed by atoms with Gasteiger partial charge in [-0.25, -0.2) is 0 Å². The number of carbonyl (C=O) groups excluding carboxylic acids is 2. The van der Waals surface area contributed by atoms with Gasteiger partial charge in [0.05, 0.1) is 12.9 Å². The average molecular weight is 308 g/mol. The summed E-state index contributed by atoms with van der Waals surface area (Å²) < 4.78 is 5.15. The summed E-state index contributed by atoms with van der Waals surface area (Å²) in [7, 11) is 3.39. The fraction of sp³-hybridized carbons (Fsp3) is 0.467. The standard InChI is InChI=1S/C15H20N2O3S/c1-17-9-11(6-7-15(17)19)16-14(18)10-21-13-5-3-4-12(8-13)20-2/h3-5,8,11H,6-7,9-10H2,1-2H3,(H,16,18). The van der Waals surface area contributed by atoms with E-state index >= 15 is 0 Å². The third kappa shape index (κ3) is 4.67. The molecule has 1 aromatic rings. The van der Waals surface area contributed by atoms with Gasteiger partial charge in [0, 0.05) is 31.0 Å². The SMILES string of the molecule is COc1cccc(SCC(=O)NC2CCC(=O)N(C)C2)c1. The minimum atomic E-state index is -0.00410. The first kappa shape index (κ1) is 15.7. The summed E-state index contributed by atoms with van der Waals surface area (Å²) in [5.41, 5.74) is 0. The fourth-order valence-electron chi connectivity index (χ4n) is 2.24. The molecule has 1 saturated heterocycles. The van der Waals surface area contributed by atoms with Crippen molar-refractivity contribution >= 4 is 23.6 Å². The topological polar surface area (TPSA) is 58.6 Å². The lowest BCUT2D eigenvalue weighted by atomic mass is 10.1. The number of benzene rings is 1. The van der Waals surface area contributed by atoms with Crippen molar-refractivity contribution in [1.29, 1.82) is 0 Å². The molecule has 1 heterocycles. The summed E-state index contributed by atoms with van der Waals surface area (Å²) in [5.74, 6) is 1.29. The first-order valence-electron chi connectivity index (χ1n) is 6.88. The van der Waals surface area contributed by atoms with Gasteiger partial charge < -0.3 is 15.0 Å². The van der Waals surface area contributed by atoms with Gasteiger partial charge in [0.25, 0.3) is 0 Å². The van der Waals surface area contributed by atoms with Crippen LogP contribution in [0, 0.1) is 0 Å². The van der Waals surface area contributed by atoms with Crippen molar-refractivity contribution in [3.05, 3.63) is 24.3 Å². The van der Waals surface area contributed by atoms with E-state index in [1.54, 1.807) is 19.1 Å². The van der Waals surface area contributed by atoms with Crippen LogP contribution >= 0.6 is 11.8 Å². The van der Waals surface area contributed by atoms with Crippen LogP contribution < -0.4 is 10.1 Å². The van der Waals surface area contributed by atoms with Crippen molar-refractivity contribution < 1.29 is 14.3 Å². The molecule has 2 amide bonds. The molecule has 0 spiro atoms. The molecule has 1 unspecified atom stereocenters. The molecule has 1 aromatic carbocycles. The van der Waals surface area contributed by atoms with Crippen molar-refractivity contribution in [3.8, 4) is 5.75 Å². The number of amides is 2. The Morgan fingerprint density at radius 3 is 3.05 bits per heavy atom. The predicted molar refractivity (Wildman–Crippen MR) is 82.5 cm³/mol. The Balaban J connectivity index is 1.78. The third-order valence-corrected chi connectivity index (χ3v) is 4.40. The zero-order chi connectivity index (χ0) is 15.2. The van der Waals surface area contributed by atoms with Crippen LogP contribution in [-0.2, 0) is 9.59 Å². The van der Waals surface area contributed by atoms with Gasteiger partial charge in [-0.3, -0.25) is 9.59 Å². The highest BCUT2D eigenvalue weighted by molar-refractivity contribution is 8.00. The van der Waals surface area contributed by atoms with Gasteiger partial charge in [-0.2, -0.15) is 0 Å². The Labute approximate surface area is 129 Å². The van der Waals surface area contributed by atoms with E-state index in [0.29, 0.717) is 18.7 Å². The monoisotopic (exact) mass is 308 g/mol. The first-order chi connectivity index (χ1) is 10.1. The number of ether oxygens (including phenoxy) is 1. The lowest BCUT2D eigenvalue weighted by molar-refractivity contribution is -0.133. The van der Waals surface area contributed by atoms with Crippen LogP contribution in [-0.4, -0.2) is 49.2 Å². The van der Waals surface area contributed by atoms with E-state index < -0.39 is 0 Å². The van der Waals surface area contributed by atoms with Crippen LogP contribution in [0.25, 0.3) is 0 Å². The maximum Gasteiger partial charge on any atom is 0.230 e. The van der Waals surface area contributed by atoms with Gasteiger partial charge in [-0.1, -0.05) is 6.07 Å². The van der Waals surface area contributed by atoms with E-state index in [4.69, 9.17) is 4.74 Å². The summed E-state index contributed by atoms with van der Waals surface area (Å²) in [6.07, 6.45) is 1.23. The molecule has 114 valence electrons. The van der Waals surface area contributed by atoms with Crippen LogP contribution in [0.5, 0.6) is 5.75 Å². The number of methoxy groups -OCH3 is 1. The normalized spacial score (nSPS) is 18.5. The number of piperidine rings is 1. The van der Waals surface area contributed by atoms with E-state index in [1.807, 2.05) is 24.3 Å². The zero-order valence-electron chi connectivity index (χ0n) is 12.3. The van der Waals surface area contributed by atoms with Gasteiger partial charge in [0.2, 0.25) is 11.8 Å². The van der Waals surface area contributed by atoms with E-state index in [9.17, 15) is 9.59 Å². The molecule has 1 N–H and O–H groups in total. The average Bonchev–Trinajstić information content (AvgIpc) is 2.49. The second-order valence-corrected chi connectivity index (χ2v) is 6.09. The summed E-state index contributed by atoms with van der Waals surface area (Å²) in [6.45, 7) is 0.592. The van der Waals surface area contributed by atoms with Crippen molar-refractivity contribution in [2.24, 2.45) is 0 Å². The first-order valence-corrected chi connectivity index (χ1v) is 7.87. The molecule has 1 aliphatic heterocycles. The number of thioether (sulfide) groups is 1. The van der Waals surface area contributed by atoms with Crippen molar-refractivity contribution in [1.82, 2.24) is 10.2 Å². The minimum Gasteiger partial charge on any atom is -0.497 e. The van der Waals surface area contributed by atoms with Gasteiger partial charge in [-0.05, 0) is 24.6 Å². The molecule has 0 radical (unpaired) electrons. The summed E-state index contributed by atoms with van der Waals surface area (Å²) in [5, 5.41) is 2.98. The quantitative estimate of drug-likeness (QED) is 0.838. The maximum absolute atomic E-state index is 12.0. The Morgan fingerprint density at radius 1 is 1.52 bits per heavy atom. The number of hydrogen-bond acceptors (Lipinski definition) is 4. The molecule has 1 fully saturated rings. The van der Waals surface area contributed by atoms with E-state index in [0.717, 1.165) is 17.1 Å². The molecule has 0 bridgehead atoms. The van der Waals surface area contributed by atoms with Crippen LogP contribution in [0.2, 0.25) is 0 Å². The van der Waals surface area contributed by atoms with Crippen molar-refractivity contribution in [3.63, 3.8) is 0 Å². The second-order valence-electron chi connectivity index (χ2n) is 5.05. The highest BCUT2D eigenvalue weighted by Gasteiger charge is 2.23. The minimum absolute atomic E-state index is 0.00410. The zero-order valence-corrected chi connectivity index (χ0v) is 13.1. The molecule has 0 aliphatic carbocycles. The van der Waals surface area contributed by atoms with Crippen LogP contribution in [0.15, 0.2) is 29.2 Å². The number of nitrogens with zero attached hydrogens (tertiary/aromatic N) is 1. The summed E-state index contributed by atoms with van der Waals surface area (Å²) in [4.78, 5) is 26.0. The van der Waals surface area contributed by atoms with E-state index in [2.05, 4.69) is 5.32 Å². The lowest BCUT2D eigenvalue weighted by Gasteiger charge is -2.30. The van der Waals surface area contributed by atoms with Gasteiger partial charge >= 0.3 is 0 Å². The van der Waals surface area contributed by atoms with Gasteiger partial charge in [0.15, 0.2) is 0 Å². The molecule has 0 aromatic heterocycles.